The van der Waals surface area contributed by atoms with Crippen molar-refractivity contribution >= 4 is 22.6 Å². The van der Waals surface area contributed by atoms with Crippen molar-refractivity contribution in [2.24, 2.45) is 11.3 Å². The van der Waals surface area contributed by atoms with Crippen LogP contribution in [0.4, 0.5) is 0 Å². The maximum absolute atomic E-state index is 9.03. The minimum Gasteiger partial charge on any atom is -0.198 e. The Balaban J connectivity index is 3.16. The van der Waals surface area contributed by atoms with Gasteiger partial charge in [-0.3, -0.25) is 0 Å². The predicted molar refractivity (Wildman–Crippen MR) is 81.7 cm³/mol. The molecule has 0 aromatic heterocycles. The number of allylic oxidation sites excluding steroid dienone is 5. The van der Waals surface area contributed by atoms with E-state index >= 15 is 0 Å². The van der Waals surface area contributed by atoms with Gasteiger partial charge in [-0.2, -0.15) is 5.26 Å². The zero-order chi connectivity index (χ0) is 12.9. The Hall–Kier alpha value is -0.560. The lowest BCUT2D eigenvalue weighted by Crippen LogP contribution is -2.23. The molecular formula is C15H20IN. The molecule has 0 bridgehead atoms. The Morgan fingerprint density at radius 3 is 2.76 bits per heavy atom. The van der Waals surface area contributed by atoms with E-state index < -0.39 is 0 Å². The number of halogens is 1. The van der Waals surface area contributed by atoms with E-state index in [4.69, 9.17) is 5.26 Å². The lowest BCUT2D eigenvalue weighted by Gasteiger charge is -2.35. The molecule has 92 valence electrons. The largest absolute Gasteiger partial charge is 0.198 e. The third kappa shape index (κ3) is 2.82. The third-order valence-corrected chi connectivity index (χ3v) is 5.41. The minimum absolute atomic E-state index is 0.0294. The van der Waals surface area contributed by atoms with Gasteiger partial charge in [0.05, 0.1) is 6.07 Å². The molecule has 0 aliphatic heterocycles. The van der Waals surface area contributed by atoms with Crippen LogP contribution in [-0.4, -0.2) is 0 Å². The predicted octanol–water partition coefficient (Wildman–Crippen LogP) is 5.16. The van der Waals surface area contributed by atoms with Crippen LogP contribution >= 0.6 is 22.6 Å². The Morgan fingerprint density at radius 1 is 1.59 bits per heavy atom. The quantitative estimate of drug-likeness (QED) is 0.501. The highest BCUT2D eigenvalue weighted by molar-refractivity contribution is 14.1. The van der Waals surface area contributed by atoms with Crippen LogP contribution in [0.15, 0.2) is 34.0 Å². The standard InChI is InChI=1S/C15H20IN/c1-4-7-12-8-9-15(6-3,10-11-17)14(16)13(12)5-2/h4,8-9,12H,1,5-7,10H2,2-3H3/t12-,15-/m1/s1. The third-order valence-electron chi connectivity index (χ3n) is 3.64. The second-order valence-corrected chi connectivity index (χ2v) is 5.61. The summed E-state index contributed by atoms with van der Waals surface area (Å²) in [5.41, 5.74) is 1.46. The number of nitrogens with zero attached hydrogens (tertiary/aromatic N) is 1. The van der Waals surface area contributed by atoms with Crippen LogP contribution in [0.25, 0.3) is 0 Å². The molecule has 1 aliphatic carbocycles. The van der Waals surface area contributed by atoms with Gasteiger partial charge in [0.1, 0.15) is 0 Å². The molecule has 17 heavy (non-hydrogen) atoms. The molecule has 0 amide bonds. The molecule has 1 aliphatic rings. The minimum atomic E-state index is -0.0294. The molecule has 0 heterocycles. The van der Waals surface area contributed by atoms with Gasteiger partial charge in [0.2, 0.25) is 0 Å². The molecule has 0 aromatic rings. The molecule has 0 saturated carbocycles. The average molecular weight is 341 g/mol. The topological polar surface area (TPSA) is 23.8 Å². The lowest BCUT2D eigenvalue weighted by molar-refractivity contribution is 0.455. The fourth-order valence-corrected chi connectivity index (χ4v) is 4.00. The first-order chi connectivity index (χ1) is 8.15. The maximum Gasteiger partial charge on any atom is 0.0634 e. The molecule has 0 fully saturated rings. The van der Waals surface area contributed by atoms with Crippen molar-refractivity contribution in [1.82, 2.24) is 0 Å². The van der Waals surface area contributed by atoms with Gasteiger partial charge in [0.25, 0.3) is 0 Å². The second kappa shape index (κ2) is 6.39. The Bertz CT molecular complexity index is 386. The molecule has 1 rings (SSSR count). The van der Waals surface area contributed by atoms with Gasteiger partial charge in [-0.05, 0) is 41.9 Å². The summed E-state index contributed by atoms with van der Waals surface area (Å²) in [4.78, 5) is 0. The van der Waals surface area contributed by atoms with Crippen LogP contribution < -0.4 is 0 Å². The van der Waals surface area contributed by atoms with Crippen LogP contribution in [0.1, 0.15) is 39.5 Å². The number of hydrogen-bond acceptors (Lipinski definition) is 1. The normalized spacial score (nSPS) is 28.0. The highest BCUT2D eigenvalue weighted by Crippen LogP contribution is 2.48. The van der Waals surface area contributed by atoms with E-state index in [-0.39, 0.29) is 5.41 Å². The molecular weight excluding hydrogens is 321 g/mol. The van der Waals surface area contributed by atoms with E-state index in [1.54, 1.807) is 0 Å². The number of rotatable bonds is 5. The van der Waals surface area contributed by atoms with E-state index in [1.807, 2.05) is 6.08 Å². The van der Waals surface area contributed by atoms with Gasteiger partial charge >= 0.3 is 0 Å². The van der Waals surface area contributed by atoms with Crippen molar-refractivity contribution in [1.29, 1.82) is 5.26 Å². The summed E-state index contributed by atoms with van der Waals surface area (Å²) in [7, 11) is 0. The fourth-order valence-electron chi connectivity index (χ4n) is 2.47. The summed E-state index contributed by atoms with van der Waals surface area (Å²) in [5, 5.41) is 9.03. The zero-order valence-electron chi connectivity index (χ0n) is 10.7. The highest BCUT2D eigenvalue weighted by Gasteiger charge is 2.34. The van der Waals surface area contributed by atoms with Gasteiger partial charge < -0.3 is 0 Å². The van der Waals surface area contributed by atoms with Crippen LogP contribution in [0.2, 0.25) is 0 Å². The van der Waals surface area contributed by atoms with Gasteiger partial charge in [-0.1, -0.05) is 37.6 Å². The molecule has 0 unspecified atom stereocenters. The Morgan fingerprint density at radius 2 is 2.29 bits per heavy atom. The van der Waals surface area contributed by atoms with Crippen molar-refractivity contribution in [3.8, 4) is 6.07 Å². The molecule has 0 aromatic carbocycles. The lowest BCUT2D eigenvalue weighted by atomic mass is 9.73. The number of hydrogen-bond donors (Lipinski definition) is 0. The van der Waals surface area contributed by atoms with E-state index in [2.05, 4.69) is 61.2 Å². The van der Waals surface area contributed by atoms with Crippen molar-refractivity contribution in [2.45, 2.75) is 39.5 Å². The van der Waals surface area contributed by atoms with Crippen LogP contribution in [0.3, 0.4) is 0 Å². The zero-order valence-corrected chi connectivity index (χ0v) is 12.8. The Kier molecular flexibility index (Phi) is 5.45. The monoisotopic (exact) mass is 341 g/mol. The maximum atomic E-state index is 9.03. The molecule has 0 N–H and O–H groups in total. The van der Waals surface area contributed by atoms with Crippen LogP contribution in [0.5, 0.6) is 0 Å². The van der Waals surface area contributed by atoms with Crippen molar-refractivity contribution in [3.63, 3.8) is 0 Å². The smallest absolute Gasteiger partial charge is 0.0634 e. The molecule has 2 atom stereocenters. The van der Waals surface area contributed by atoms with E-state index in [1.165, 1.54) is 9.15 Å². The van der Waals surface area contributed by atoms with Crippen molar-refractivity contribution < 1.29 is 0 Å². The van der Waals surface area contributed by atoms with Gasteiger partial charge in [-0.15, -0.1) is 6.58 Å². The average Bonchev–Trinajstić information content (AvgIpc) is 2.34. The molecule has 0 radical (unpaired) electrons. The summed E-state index contributed by atoms with van der Waals surface area (Å²) >= 11 is 2.45. The first-order valence-electron chi connectivity index (χ1n) is 6.21. The Labute approximate surface area is 118 Å². The SMILES string of the molecule is C=CC[C@@H]1C=C[C@](CC)(CC#N)C(I)=C1CC. The van der Waals surface area contributed by atoms with Crippen LogP contribution in [-0.2, 0) is 0 Å². The molecule has 0 spiro atoms. The summed E-state index contributed by atoms with van der Waals surface area (Å²) in [6.07, 6.45) is 10.2. The van der Waals surface area contributed by atoms with Gasteiger partial charge in [0, 0.05) is 21.3 Å². The summed E-state index contributed by atoms with van der Waals surface area (Å²) in [6, 6.07) is 2.34. The van der Waals surface area contributed by atoms with Crippen LogP contribution in [0, 0.1) is 22.7 Å². The first kappa shape index (κ1) is 14.5. The summed E-state index contributed by atoms with van der Waals surface area (Å²) in [5.74, 6) is 0.489. The molecule has 2 heteroatoms. The first-order valence-corrected chi connectivity index (χ1v) is 7.29. The summed E-state index contributed by atoms with van der Waals surface area (Å²) in [6.45, 7) is 8.20. The molecule has 1 nitrogen and oxygen atoms in total. The van der Waals surface area contributed by atoms with Gasteiger partial charge in [0.15, 0.2) is 0 Å². The highest BCUT2D eigenvalue weighted by atomic mass is 127. The fraction of sp³-hybridized carbons (Fsp3) is 0.533. The summed E-state index contributed by atoms with van der Waals surface area (Å²) < 4.78 is 1.39. The molecule has 0 saturated heterocycles. The second-order valence-electron chi connectivity index (χ2n) is 4.53. The van der Waals surface area contributed by atoms with E-state index in [9.17, 15) is 0 Å². The van der Waals surface area contributed by atoms with Gasteiger partial charge in [-0.25, -0.2) is 0 Å². The van der Waals surface area contributed by atoms with E-state index in [0.29, 0.717) is 12.3 Å². The van der Waals surface area contributed by atoms with E-state index in [0.717, 1.165) is 19.3 Å². The van der Waals surface area contributed by atoms with Crippen molar-refractivity contribution in [2.75, 3.05) is 0 Å². The number of nitriles is 1. The van der Waals surface area contributed by atoms with Crippen molar-refractivity contribution in [3.05, 3.63) is 34.0 Å².